The molecule has 0 aliphatic carbocycles. The predicted molar refractivity (Wildman–Crippen MR) is 77.5 cm³/mol. The number of pyridine rings is 1. The van der Waals surface area contributed by atoms with Crippen LogP contribution in [0.5, 0.6) is 11.5 Å². The van der Waals surface area contributed by atoms with Crippen LogP contribution in [0.25, 0.3) is 5.65 Å². The van der Waals surface area contributed by atoms with E-state index in [9.17, 15) is 0 Å². The van der Waals surface area contributed by atoms with Gasteiger partial charge in [0.1, 0.15) is 17.1 Å². The maximum Gasteiger partial charge on any atom is 0.137 e. The van der Waals surface area contributed by atoms with Crippen molar-refractivity contribution in [2.75, 3.05) is 14.2 Å². The molecule has 0 saturated carbocycles. The Morgan fingerprint density at radius 3 is 2.30 bits per heavy atom. The lowest BCUT2D eigenvalue weighted by Crippen LogP contribution is -1.89. The van der Waals surface area contributed by atoms with E-state index in [1.807, 2.05) is 41.1 Å². The maximum atomic E-state index is 5.21. The van der Waals surface area contributed by atoms with Crippen LogP contribution in [0.3, 0.4) is 0 Å². The molecule has 0 fully saturated rings. The molecule has 3 rings (SSSR count). The van der Waals surface area contributed by atoms with E-state index in [-0.39, 0.29) is 0 Å². The van der Waals surface area contributed by atoms with Crippen molar-refractivity contribution in [3.8, 4) is 11.5 Å². The van der Waals surface area contributed by atoms with Gasteiger partial charge in [-0.25, -0.2) is 4.98 Å². The van der Waals surface area contributed by atoms with E-state index in [1.165, 1.54) is 5.56 Å². The molecule has 0 radical (unpaired) electrons. The molecule has 20 heavy (non-hydrogen) atoms. The van der Waals surface area contributed by atoms with Gasteiger partial charge in [0, 0.05) is 12.6 Å². The normalized spacial score (nSPS) is 10.7. The van der Waals surface area contributed by atoms with E-state index >= 15 is 0 Å². The number of hydrogen-bond donors (Lipinski definition) is 0. The number of imidazole rings is 1. The van der Waals surface area contributed by atoms with Crippen LogP contribution >= 0.6 is 0 Å². The molecule has 0 aliphatic rings. The molecule has 1 aromatic carbocycles. The van der Waals surface area contributed by atoms with Crippen LogP contribution in [0.1, 0.15) is 11.3 Å². The molecule has 4 nitrogen and oxygen atoms in total. The quantitative estimate of drug-likeness (QED) is 0.730. The summed E-state index contributed by atoms with van der Waals surface area (Å²) >= 11 is 0. The average Bonchev–Trinajstić information content (AvgIpc) is 2.89. The van der Waals surface area contributed by atoms with Crippen LogP contribution in [0, 0.1) is 0 Å². The predicted octanol–water partition coefficient (Wildman–Crippen LogP) is 2.94. The number of benzene rings is 1. The molecule has 2 heterocycles. The fourth-order valence-electron chi connectivity index (χ4n) is 2.18. The standard InChI is InChI=1S/C16H16N2O2/c1-19-14-5-3-12(4-6-14)9-13-10-18-11-15(20-2)7-8-16(18)17-13/h3-8,10-11H,9H2,1-2H3. The van der Waals surface area contributed by atoms with E-state index in [4.69, 9.17) is 9.47 Å². The van der Waals surface area contributed by atoms with Gasteiger partial charge in [0.05, 0.1) is 26.1 Å². The summed E-state index contributed by atoms with van der Waals surface area (Å²) in [5.74, 6) is 1.69. The first-order chi connectivity index (χ1) is 9.78. The summed E-state index contributed by atoms with van der Waals surface area (Å²) in [7, 11) is 3.33. The van der Waals surface area contributed by atoms with Crippen LogP contribution in [0.2, 0.25) is 0 Å². The highest BCUT2D eigenvalue weighted by atomic mass is 16.5. The average molecular weight is 268 g/mol. The minimum atomic E-state index is 0.800. The number of hydrogen-bond acceptors (Lipinski definition) is 3. The minimum Gasteiger partial charge on any atom is -0.497 e. The largest absolute Gasteiger partial charge is 0.497 e. The van der Waals surface area contributed by atoms with Gasteiger partial charge in [0.2, 0.25) is 0 Å². The van der Waals surface area contributed by atoms with Gasteiger partial charge in [-0.05, 0) is 29.8 Å². The lowest BCUT2D eigenvalue weighted by molar-refractivity contribution is 0.412. The van der Waals surface area contributed by atoms with E-state index in [0.717, 1.165) is 29.3 Å². The number of aromatic nitrogens is 2. The van der Waals surface area contributed by atoms with Gasteiger partial charge in [-0.15, -0.1) is 0 Å². The minimum absolute atomic E-state index is 0.800. The molecule has 102 valence electrons. The van der Waals surface area contributed by atoms with Crippen molar-refractivity contribution in [1.82, 2.24) is 9.38 Å². The second kappa shape index (κ2) is 5.25. The summed E-state index contributed by atoms with van der Waals surface area (Å²) in [5, 5.41) is 0. The lowest BCUT2D eigenvalue weighted by atomic mass is 10.1. The zero-order valence-corrected chi connectivity index (χ0v) is 11.5. The molecular formula is C16H16N2O2. The summed E-state index contributed by atoms with van der Waals surface area (Å²) in [6.45, 7) is 0. The van der Waals surface area contributed by atoms with Crippen molar-refractivity contribution in [1.29, 1.82) is 0 Å². The van der Waals surface area contributed by atoms with Crippen LogP contribution in [0.4, 0.5) is 0 Å². The molecule has 0 spiro atoms. The highest BCUT2D eigenvalue weighted by molar-refractivity contribution is 5.44. The Morgan fingerprint density at radius 1 is 0.900 bits per heavy atom. The summed E-state index contributed by atoms with van der Waals surface area (Å²) in [4.78, 5) is 4.60. The van der Waals surface area contributed by atoms with Crippen LogP contribution in [-0.2, 0) is 6.42 Å². The third-order valence-electron chi connectivity index (χ3n) is 3.25. The van der Waals surface area contributed by atoms with E-state index in [0.29, 0.717) is 0 Å². The van der Waals surface area contributed by atoms with Crippen LogP contribution in [0.15, 0.2) is 48.8 Å². The number of fused-ring (bicyclic) bond motifs is 1. The van der Waals surface area contributed by atoms with Crippen LogP contribution < -0.4 is 9.47 Å². The fourth-order valence-corrected chi connectivity index (χ4v) is 2.18. The molecule has 0 atom stereocenters. The van der Waals surface area contributed by atoms with Gasteiger partial charge in [0.15, 0.2) is 0 Å². The first-order valence-corrected chi connectivity index (χ1v) is 6.43. The Labute approximate surface area is 117 Å². The van der Waals surface area contributed by atoms with E-state index in [2.05, 4.69) is 17.1 Å². The zero-order chi connectivity index (χ0) is 13.9. The third-order valence-corrected chi connectivity index (χ3v) is 3.25. The molecule has 0 amide bonds. The van der Waals surface area contributed by atoms with Crippen molar-refractivity contribution < 1.29 is 9.47 Å². The van der Waals surface area contributed by atoms with Crippen molar-refractivity contribution >= 4 is 5.65 Å². The summed E-state index contributed by atoms with van der Waals surface area (Å²) < 4.78 is 12.4. The van der Waals surface area contributed by atoms with E-state index in [1.54, 1.807) is 14.2 Å². The van der Waals surface area contributed by atoms with Gasteiger partial charge < -0.3 is 13.9 Å². The summed E-state index contributed by atoms with van der Waals surface area (Å²) in [6, 6.07) is 11.9. The second-order valence-electron chi connectivity index (χ2n) is 4.59. The molecule has 0 bridgehead atoms. The van der Waals surface area contributed by atoms with Gasteiger partial charge >= 0.3 is 0 Å². The smallest absolute Gasteiger partial charge is 0.137 e. The maximum absolute atomic E-state index is 5.21. The van der Waals surface area contributed by atoms with Gasteiger partial charge in [-0.1, -0.05) is 12.1 Å². The Hall–Kier alpha value is -2.49. The van der Waals surface area contributed by atoms with Crippen molar-refractivity contribution in [3.63, 3.8) is 0 Å². The highest BCUT2D eigenvalue weighted by Gasteiger charge is 2.04. The molecule has 0 unspecified atom stereocenters. The molecule has 0 N–H and O–H groups in total. The van der Waals surface area contributed by atoms with Gasteiger partial charge in [-0.3, -0.25) is 0 Å². The number of rotatable bonds is 4. The molecular weight excluding hydrogens is 252 g/mol. The van der Waals surface area contributed by atoms with Gasteiger partial charge in [-0.2, -0.15) is 0 Å². The van der Waals surface area contributed by atoms with E-state index < -0.39 is 0 Å². The Kier molecular flexibility index (Phi) is 3.29. The molecule has 2 aromatic heterocycles. The SMILES string of the molecule is COc1ccc(Cc2cn3cc(OC)ccc3n2)cc1. The summed E-state index contributed by atoms with van der Waals surface area (Å²) in [6.07, 6.45) is 4.76. The topological polar surface area (TPSA) is 35.8 Å². The van der Waals surface area contributed by atoms with Crippen LogP contribution in [-0.4, -0.2) is 23.6 Å². The Morgan fingerprint density at radius 2 is 1.60 bits per heavy atom. The molecule has 4 heteroatoms. The van der Waals surface area contributed by atoms with Gasteiger partial charge in [0.25, 0.3) is 0 Å². The van der Waals surface area contributed by atoms with Crippen molar-refractivity contribution in [2.45, 2.75) is 6.42 Å². The lowest BCUT2D eigenvalue weighted by Gasteiger charge is -2.01. The van der Waals surface area contributed by atoms with Crippen molar-refractivity contribution in [3.05, 3.63) is 60.0 Å². The zero-order valence-electron chi connectivity index (χ0n) is 11.5. The molecule has 0 aliphatic heterocycles. The fraction of sp³-hybridized carbons (Fsp3) is 0.188. The Balaban J connectivity index is 1.86. The molecule has 0 saturated heterocycles. The molecule has 3 aromatic rings. The first kappa shape index (κ1) is 12.5. The number of methoxy groups -OCH3 is 2. The first-order valence-electron chi connectivity index (χ1n) is 6.43. The number of ether oxygens (including phenoxy) is 2. The highest BCUT2D eigenvalue weighted by Crippen LogP contribution is 2.17. The number of nitrogens with zero attached hydrogens (tertiary/aromatic N) is 2. The Bertz CT molecular complexity index is 717. The van der Waals surface area contributed by atoms with Crippen molar-refractivity contribution in [2.24, 2.45) is 0 Å². The second-order valence-corrected chi connectivity index (χ2v) is 4.59. The third kappa shape index (κ3) is 2.45. The monoisotopic (exact) mass is 268 g/mol. The summed E-state index contributed by atoms with van der Waals surface area (Å²) in [5.41, 5.74) is 3.17.